The quantitative estimate of drug-likeness (QED) is 0.375. The molecule has 1 aliphatic rings. The van der Waals surface area contributed by atoms with Crippen LogP contribution in [0.15, 0.2) is 54.9 Å². The number of carbonyl (C=O) groups excluding carboxylic acids is 1. The van der Waals surface area contributed by atoms with Crippen molar-refractivity contribution >= 4 is 17.3 Å². The molecule has 0 aliphatic carbocycles. The molecule has 0 unspecified atom stereocenters. The lowest BCUT2D eigenvalue weighted by Gasteiger charge is -2.26. The predicted octanol–water partition coefficient (Wildman–Crippen LogP) is 4.21. The topological polar surface area (TPSA) is 101 Å². The van der Waals surface area contributed by atoms with Crippen LogP contribution in [0, 0.1) is 0 Å². The molecule has 0 saturated heterocycles. The smallest absolute Gasteiger partial charge is 0.270 e. The van der Waals surface area contributed by atoms with Gasteiger partial charge in [-0.25, -0.2) is 9.37 Å². The van der Waals surface area contributed by atoms with Crippen LogP contribution in [-0.2, 0) is 17.9 Å². The van der Waals surface area contributed by atoms with Crippen LogP contribution in [0.3, 0.4) is 0 Å². The van der Waals surface area contributed by atoms with E-state index in [1.165, 1.54) is 0 Å². The summed E-state index contributed by atoms with van der Waals surface area (Å²) in [6.45, 7) is 1.61. The molecule has 1 amide bonds. The van der Waals surface area contributed by atoms with Crippen LogP contribution in [0.5, 0.6) is 0 Å². The first-order valence-corrected chi connectivity index (χ1v) is 13.5. The van der Waals surface area contributed by atoms with Crippen molar-refractivity contribution in [2.75, 3.05) is 25.6 Å². The maximum Gasteiger partial charge on any atom is 0.270 e. The Morgan fingerprint density at radius 1 is 1.25 bits per heavy atom. The van der Waals surface area contributed by atoms with Crippen molar-refractivity contribution in [2.45, 2.75) is 38.8 Å². The van der Waals surface area contributed by atoms with Crippen molar-refractivity contribution in [3.05, 3.63) is 71.7 Å². The number of pyridine rings is 2. The molecule has 3 aromatic rings. The number of aliphatic hydroxyl groups excluding tert-OH is 1. The molecule has 0 saturated carbocycles. The molecule has 3 heterocycles. The van der Waals surface area contributed by atoms with Gasteiger partial charge in [-0.3, -0.25) is 9.78 Å². The first-order valence-electron chi connectivity index (χ1n) is 12.2. The monoisotopic (exact) mass is 510 g/mol. The number of nitrogens with zero attached hydrogens (tertiary/aromatic N) is 3. The first-order chi connectivity index (χ1) is 17.6. The number of rotatable bonds is 11. The van der Waals surface area contributed by atoms with E-state index in [9.17, 15) is 18.8 Å². The van der Waals surface area contributed by atoms with Gasteiger partial charge in [0, 0.05) is 53.6 Å². The van der Waals surface area contributed by atoms with Crippen LogP contribution in [0.25, 0.3) is 22.4 Å². The van der Waals surface area contributed by atoms with Crippen molar-refractivity contribution in [3.8, 4) is 22.4 Å². The molecule has 1 aliphatic heterocycles. The Hall–Kier alpha value is -2.85. The summed E-state index contributed by atoms with van der Waals surface area (Å²) in [4.78, 5) is 21.7. The third kappa shape index (κ3) is 5.75. The van der Waals surface area contributed by atoms with Crippen LogP contribution < -0.4 is 5.32 Å². The summed E-state index contributed by atoms with van der Waals surface area (Å²) >= 11 is -1.24. The fourth-order valence-electron chi connectivity index (χ4n) is 4.51. The maximum atomic E-state index is 13.2. The van der Waals surface area contributed by atoms with E-state index in [4.69, 9.17) is 4.98 Å². The van der Waals surface area contributed by atoms with Crippen molar-refractivity contribution in [2.24, 2.45) is 0 Å². The maximum absolute atomic E-state index is 13.2. The number of amides is 1. The highest BCUT2D eigenvalue weighted by Crippen LogP contribution is 2.43. The molecular formula is C27H31FN4O3S. The number of benzene rings is 1. The van der Waals surface area contributed by atoms with Gasteiger partial charge in [0.1, 0.15) is 18.1 Å². The number of aliphatic hydroxyl groups is 1. The van der Waals surface area contributed by atoms with Gasteiger partial charge < -0.3 is 15.0 Å². The number of nitrogens with one attached hydrogen (secondary N) is 1. The zero-order valence-electron chi connectivity index (χ0n) is 20.3. The van der Waals surface area contributed by atoms with Crippen molar-refractivity contribution in [1.29, 1.82) is 0 Å². The fourth-order valence-corrected chi connectivity index (χ4v) is 6.06. The number of fused-ring (bicyclic) bond motifs is 1. The Balaban J connectivity index is 1.83. The van der Waals surface area contributed by atoms with E-state index < -0.39 is 23.9 Å². The minimum absolute atomic E-state index is 0.0700. The summed E-state index contributed by atoms with van der Waals surface area (Å²) < 4.78 is 27.8. The lowest BCUT2D eigenvalue weighted by molar-refractivity contribution is 0.0946. The molecule has 36 heavy (non-hydrogen) atoms. The number of halogens is 1. The van der Waals surface area contributed by atoms with Crippen molar-refractivity contribution < 1.29 is 18.8 Å². The van der Waals surface area contributed by atoms with Crippen LogP contribution in [0.2, 0.25) is 0 Å². The summed E-state index contributed by atoms with van der Waals surface area (Å²) in [6, 6.07) is 13.1. The second kappa shape index (κ2) is 12.4. The van der Waals surface area contributed by atoms with E-state index in [1.807, 2.05) is 40.7 Å². The Morgan fingerprint density at radius 2 is 2.06 bits per heavy atom. The van der Waals surface area contributed by atoms with Gasteiger partial charge >= 0.3 is 0 Å². The summed E-state index contributed by atoms with van der Waals surface area (Å²) in [7, 11) is 0. The molecular weight excluding hydrogens is 479 g/mol. The van der Waals surface area contributed by atoms with E-state index in [1.54, 1.807) is 18.5 Å². The lowest BCUT2D eigenvalue weighted by atomic mass is 9.94. The highest BCUT2D eigenvalue weighted by molar-refractivity contribution is 7.89. The normalized spacial score (nSPS) is 16.1. The zero-order chi connectivity index (χ0) is 25.5. The Labute approximate surface area is 214 Å². The van der Waals surface area contributed by atoms with Crippen LogP contribution >= 0.6 is 0 Å². The molecule has 2 aromatic heterocycles. The molecule has 190 valence electrons. The van der Waals surface area contributed by atoms with Gasteiger partial charge in [0.25, 0.3) is 5.91 Å². The number of hydrogen-bond acceptors (Lipinski definition) is 6. The van der Waals surface area contributed by atoms with E-state index in [2.05, 4.69) is 17.2 Å². The van der Waals surface area contributed by atoms with Crippen LogP contribution in [0.4, 0.5) is 4.39 Å². The van der Waals surface area contributed by atoms with E-state index in [0.29, 0.717) is 24.4 Å². The van der Waals surface area contributed by atoms with Crippen LogP contribution in [-0.4, -0.2) is 55.4 Å². The highest BCUT2D eigenvalue weighted by atomic mass is 32.2. The van der Waals surface area contributed by atoms with Crippen molar-refractivity contribution in [1.82, 2.24) is 19.6 Å². The molecule has 7 nitrogen and oxygen atoms in total. The number of alkyl halides is 1. The molecule has 0 radical (unpaired) electrons. The second-order valence-electron chi connectivity index (χ2n) is 8.68. The zero-order valence-corrected chi connectivity index (χ0v) is 21.1. The van der Waals surface area contributed by atoms with Crippen LogP contribution in [0.1, 0.15) is 53.8 Å². The average molecular weight is 511 g/mol. The Kier molecular flexibility index (Phi) is 9.03. The van der Waals surface area contributed by atoms with Gasteiger partial charge in [0.15, 0.2) is 0 Å². The van der Waals surface area contributed by atoms with E-state index in [-0.39, 0.29) is 24.9 Å². The molecule has 2 N–H and O–H groups in total. The first kappa shape index (κ1) is 26.2. The van der Waals surface area contributed by atoms with E-state index in [0.717, 1.165) is 40.7 Å². The van der Waals surface area contributed by atoms with Gasteiger partial charge in [0.05, 0.1) is 18.3 Å². The molecule has 4 rings (SSSR count). The van der Waals surface area contributed by atoms with Crippen molar-refractivity contribution in [3.63, 3.8) is 0 Å². The number of aromatic nitrogens is 2. The number of hydrogen-bond donors (Lipinski definition) is 2. The third-order valence-electron chi connectivity index (χ3n) is 6.23. The summed E-state index contributed by atoms with van der Waals surface area (Å²) in [5, 5.41) is 12.4. The second-order valence-corrected chi connectivity index (χ2v) is 10.2. The average Bonchev–Trinajstić information content (AvgIpc) is 3.29. The highest BCUT2D eigenvalue weighted by Gasteiger charge is 2.40. The Bertz CT molecular complexity index is 1180. The SMILES string of the molecule is CCCC[S@@+]([O-])N1Cc2cc(C(=O)NCCF)nc(-c3cccc(-c4cccnc4)c3)c2[C@H]1CCO. The number of carbonyl (C=O) groups is 1. The lowest BCUT2D eigenvalue weighted by Crippen LogP contribution is -2.32. The minimum atomic E-state index is -1.24. The van der Waals surface area contributed by atoms with Gasteiger partial charge in [-0.2, -0.15) is 0 Å². The van der Waals surface area contributed by atoms with Gasteiger partial charge in [-0.15, -0.1) is 4.31 Å². The third-order valence-corrected chi connectivity index (χ3v) is 7.78. The van der Waals surface area contributed by atoms with Gasteiger partial charge in [-0.1, -0.05) is 37.6 Å². The van der Waals surface area contributed by atoms with E-state index >= 15 is 0 Å². The fraction of sp³-hybridized carbons (Fsp3) is 0.370. The Morgan fingerprint density at radius 3 is 2.78 bits per heavy atom. The minimum Gasteiger partial charge on any atom is -0.598 e. The molecule has 9 heteroatoms. The molecule has 2 atom stereocenters. The predicted molar refractivity (Wildman–Crippen MR) is 139 cm³/mol. The molecule has 0 spiro atoms. The van der Waals surface area contributed by atoms with Gasteiger partial charge in [-0.05, 0) is 42.2 Å². The largest absolute Gasteiger partial charge is 0.598 e. The standard InChI is InChI=1S/C27H31FN4O3S/c1-2-3-14-36(35)32-18-22-16-23(27(34)30-12-10-28)31-26(25(22)24(32)9-13-33)20-7-4-6-19(15-20)21-8-5-11-29-17-21/h4-8,11,15-17,24,33H,2-3,9-10,12-14,18H2,1H3,(H,30,34)/t24-,36-/m1/s1. The molecule has 0 bridgehead atoms. The summed E-state index contributed by atoms with van der Waals surface area (Å²) in [5.74, 6) is 0.0829. The summed E-state index contributed by atoms with van der Waals surface area (Å²) in [6.07, 6.45) is 5.67. The molecule has 1 aromatic carbocycles. The summed E-state index contributed by atoms with van der Waals surface area (Å²) in [5.41, 5.74) is 5.21. The number of unbranched alkanes of at least 4 members (excludes halogenated alkanes) is 1. The van der Waals surface area contributed by atoms with Gasteiger partial charge in [0.2, 0.25) is 0 Å². The molecule has 0 fully saturated rings.